The fraction of sp³-hybridized carbons (Fsp3) is 0.706. The zero-order valence-corrected chi connectivity index (χ0v) is 16.3. The van der Waals surface area contributed by atoms with E-state index in [0.29, 0.717) is 0 Å². The quantitative estimate of drug-likeness (QED) is 0.575. The second kappa shape index (κ2) is 14.4. The van der Waals surface area contributed by atoms with Crippen molar-refractivity contribution in [3.05, 3.63) is 24.4 Å². The summed E-state index contributed by atoms with van der Waals surface area (Å²) in [7, 11) is 0. The van der Waals surface area contributed by atoms with Crippen molar-refractivity contribution in [3.63, 3.8) is 0 Å². The fourth-order valence-corrected chi connectivity index (χ4v) is 10.0. The first-order chi connectivity index (χ1) is 9.29. The molecule has 1 radical (unpaired) electrons. The Kier molecular flexibility index (Phi) is 14.3. The van der Waals surface area contributed by atoms with Gasteiger partial charge in [0.1, 0.15) is 0 Å². The molecule has 0 aliphatic heterocycles. The minimum absolute atomic E-state index is 1.32. The van der Waals surface area contributed by atoms with Gasteiger partial charge in [0.15, 0.2) is 0 Å². The third-order valence-corrected chi connectivity index (χ3v) is 11.6. The van der Waals surface area contributed by atoms with E-state index in [2.05, 4.69) is 44.8 Å². The maximum atomic E-state index is 4.57. The van der Waals surface area contributed by atoms with Crippen LogP contribution >= 0.6 is 0 Å². The molecule has 0 aliphatic rings. The van der Waals surface area contributed by atoms with Crippen LogP contribution in [0, 0.1) is 0 Å². The molecule has 0 N–H and O–H groups in total. The number of nitrogens with zero attached hydrogens (tertiary/aromatic N) is 1. The molecule has 2 heteroatoms. The summed E-state index contributed by atoms with van der Waals surface area (Å²) in [5.74, 6) is 0. The zero-order valence-electron chi connectivity index (χ0n) is 13.4. The molecule has 0 unspecified atom stereocenters. The Morgan fingerprint density at radius 3 is 1.79 bits per heavy atom. The van der Waals surface area contributed by atoms with Crippen molar-refractivity contribution in [1.82, 2.24) is 4.98 Å². The van der Waals surface area contributed by atoms with Gasteiger partial charge in [-0.05, 0) is 0 Å². The van der Waals surface area contributed by atoms with E-state index in [1.165, 1.54) is 51.1 Å². The number of pyridine rings is 1. The van der Waals surface area contributed by atoms with Gasteiger partial charge in [0, 0.05) is 0 Å². The molecule has 1 aromatic rings. The molecule has 0 fully saturated rings. The van der Waals surface area contributed by atoms with Gasteiger partial charge < -0.3 is 0 Å². The molecule has 19 heavy (non-hydrogen) atoms. The first-order valence-corrected chi connectivity index (χ1v) is 13.5. The van der Waals surface area contributed by atoms with Gasteiger partial charge in [-0.2, -0.15) is 0 Å². The molecule has 0 aromatic carbocycles. The van der Waals surface area contributed by atoms with E-state index < -0.39 is 19.8 Å². The maximum absolute atomic E-state index is 4.57. The van der Waals surface area contributed by atoms with Gasteiger partial charge in [0.05, 0.1) is 0 Å². The van der Waals surface area contributed by atoms with Crippen molar-refractivity contribution in [2.45, 2.75) is 75.1 Å². The van der Waals surface area contributed by atoms with Crippen LogP contribution < -0.4 is 3.71 Å². The molecule has 1 aromatic heterocycles. The van der Waals surface area contributed by atoms with Crippen molar-refractivity contribution < 1.29 is 0 Å². The van der Waals surface area contributed by atoms with Crippen LogP contribution in [0.2, 0.25) is 8.87 Å². The molecule has 0 aliphatic carbocycles. The van der Waals surface area contributed by atoms with Gasteiger partial charge in [0.2, 0.25) is 0 Å². The standard InChI is InChI=1S/C5H4N.C4H10.2C4H9.Sn/c1-2-4-6-5-3-1;3*1-3-4-2;/h1-4H;3-4H2,1-2H3;2*1,3-4H2,2H3;. The van der Waals surface area contributed by atoms with Crippen LogP contribution in [-0.2, 0) is 0 Å². The normalized spacial score (nSPS) is 10.2. The molecule has 109 valence electrons. The summed E-state index contributed by atoms with van der Waals surface area (Å²) in [5, 5.41) is 0. The number of hydrogen-bond acceptors (Lipinski definition) is 1. The second-order valence-corrected chi connectivity index (χ2v) is 12.8. The van der Waals surface area contributed by atoms with E-state index >= 15 is 0 Å². The van der Waals surface area contributed by atoms with E-state index in [1.54, 1.807) is 0 Å². The Labute approximate surface area is 128 Å². The number of aromatic nitrogens is 1. The fourth-order valence-electron chi connectivity index (χ4n) is 1.73. The Balaban J connectivity index is 0.000000711. The molecular formula is C17H32NSn. The third kappa shape index (κ3) is 10.4. The molecule has 1 rings (SSSR count). The van der Waals surface area contributed by atoms with E-state index in [1.807, 2.05) is 12.3 Å². The number of unbranched alkanes of at least 4 members (excludes halogenated alkanes) is 3. The van der Waals surface area contributed by atoms with Crippen LogP contribution in [0.1, 0.15) is 66.2 Å². The van der Waals surface area contributed by atoms with Crippen LogP contribution in [0.4, 0.5) is 0 Å². The molecule has 0 spiro atoms. The molecule has 1 heterocycles. The first-order valence-electron chi connectivity index (χ1n) is 8.06. The van der Waals surface area contributed by atoms with Crippen molar-refractivity contribution in [2.75, 3.05) is 0 Å². The van der Waals surface area contributed by atoms with Gasteiger partial charge >= 0.3 is 101 Å². The van der Waals surface area contributed by atoms with Crippen molar-refractivity contribution in [2.24, 2.45) is 0 Å². The topological polar surface area (TPSA) is 12.9 Å². The van der Waals surface area contributed by atoms with E-state index in [0.717, 1.165) is 0 Å². The Bertz CT molecular complexity index is 264. The number of rotatable bonds is 8. The average molecular weight is 369 g/mol. The van der Waals surface area contributed by atoms with Gasteiger partial charge in [0.25, 0.3) is 0 Å². The Morgan fingerprint density at radius 2 is 1.42 bits per heavy atom. The molecule has 0 bridgehead atoms. The second-order valence-electron chi connectivity index (χ2n) is 5.03. The van der Waals surface area contributed by atoms with Crippen LogP contribution in [-0.4, -0.2) is 24.7 Å². The Morgan fingerprint density at radius 1 is 0.842 bits per heavy atom. The Hall–Kier alpha value is -0.0513. The monoisotopic (exact) mass is 370 g/mol. The average Bonchev–Trinajstić information content (AvgIpc) is 2.48. The summed E-state index contributed by atoms with van der Waals surface area (Å²) < 4.78 is 4.48. The van der Waals surface area contributed by atoms with Crippen LogP contribution in [0.25, 0.3) is 0 Å². The third-order valence-electron chi connectivity index (χ3n) is 3.19. The summed E-state index contributed by atoms with van der Waals surface area (Å²) in [6.45, 7) is 8.94. The molecule has 0 atom stereocenters. The summed E-state index contributed by atoms with van der Waals surface area (Å²) in [6.07, 6.45) is 10.1. The van der Waals surface area contributed by atoms with Crippen LogP contribution in [0.3, 0.4) is 0 Å². The first kappa shape index (κ1) is 18.9. The van der Waals surface area contributed by atoms with Crippen molar-refractivity contribution in [3.8, 4) is 0 Å². The van der Waals surface area contributed by atoms with Gasteiger partial charge in [-0.15, -0.1) is 0 Å². The van der Waals surface area contributed by atoms with Gasteiger partial charge in [-0.25, -0.2) is 0 Å². The summed E-state index contributed by atoms with van der Waals surface area (Å²) in [6, 6.07) is 6.45. The summed E-state index contributed by atoms with van der Waals surface area (Å²) >= 11 is -1.33. The zero-order chi connectivity index (χ0) is 14.3. The molecular weight excluding hydrogens is 337 g/mol. The molecule has 0 saturated heterocycles. The number of hydrogen-bond donors (Lipinski definition) is 0. The van der Waals surface area contributed by atoms with Crippen LogP contribution in [0.15, 0.2) is 24.4 Å². The van der Waals surface area contributed by atoms with Crippen molar-refractivity contribution in [1.29, 1.82) is 0 Å². The van der Waals surface area contributed by atoms with Gasteiger partial charge in [-0.1, -0.05) is 26.7 Å². The predicted molar refractivity (Wildman–Crippen MR) is 89.6 cm³/mol. The molecule has 0 amide bonds. The summed E-state index contributed by atoms with van der Waals surface area (Å²) in [5.41, 5.74) is 0. The van der Waals surface area contributed by atoms with E-state index in [-0.39, 0.29) is 0 Å². The molecule has 1 nitrogen and oxygen atoms in total. The SMILES string of the molecule is CCCC.CCC[CH2][Sn]([CH2]CCC)[c]1ccccn1. The molecule has 0 saturated carbocycles. The van der Waals surface area contributed by atoms with Crippen molar-refractivity contribution >= 4 is 23.5 Å². The predicted octanol–water partition coefficient (Wildman–Crippen LogP) is 5.19. The van der Waals surface area contributed by atoms with E-state index in [4.69, 9.17) is 0 Å². The van der Waals surface area contributed by atoms with Gasteiger partial charge in [-0.3, -0.25) is 0 Å². The van der Waals surface area contributed by atoms with Crippen LogP contribution in [0.5, 0.6) is 0 Å². The summed E-state index contributed by atoms with van der Waals surface area (Å²) in [4.78, 5) is 4.57. The minimum atomic E-state index is -1.33. The van der Waals surface area contributed by atoms with E-state index in [9.17, 15) is 0 Å².